The number of carboxylic acids is 1. The number of carbonyl (C=O) groups is 2. The van der Waals surface area contributed by atoms with E-state index in [4.69, 9.17) is 5.11 Å². The third kappa shape index (κ3) is 4.56. The number of carbonyl (C=O) groups excluding carboxylic acids is 1. The highest BCUT2D eigenvalue weighted by molar-refractivity contribution is 7.13. The molecule has 6 nitrogen and oxygen atoms in total. The van der Waals surface area contributed by atoms with Gasteiger partial charge >= 0.3 is 5.97 Å². The van der Waals surface area contributed by atoms with Crippen LogP contribution in [0.2, 0.25) is 0 Å². The molecule has 7 heteroatoms. The first-order valence-corrected chi connectivity index (χ1v) is 7.64. The molecule has 22 heavy (non-hydrogen) atoms. The molecule has 0 saturated heterocycles. The molecule has 2 rings (SSSR count). The van der Waals surface area contributed by atoms with E-state index in [1.807, 2.05) is 29.5 Å². The van der Waals surface area contributed by atoms with Crippen LogP contribution in [0.15, 0.2) is 35.8 Å². The van der Waals surface area contributed by atoms with Crippen LogP contribution in [-0.4, -0.2) is 35.6 Å². The van der Waals surface area contributed by atoms with Crippen molar-refractivity contribution in [3.05, 3.63) is 47.0 Å². The molecule has 1 aromatic heterocycles. The Morgan fingerprint density at radius 2 is 2.05 bits per heavy atom. The van der Waals surface area contributed by atoms with E-state index >= 15 is 0 Å². The lowest BCUT2D eigenvalue weighted by Crippen LogP contribution is -2.26. The highest BCUT2D eigenvalue weighted by Crippen LogP contribution is 2.18. The van der Waals surface area contributed by atoms with Crippen molar-refractivity contribution in [2.75, 3.05) is 18.5 Å². The normalized spacial score (nSPS) is 10.2. The molecule has 1 heterocycles. The Hall–Kier alpha value is -2.41. The molecule has 0 aliphatic heterocycles. The summed E-state index contributed by atoms with van der Waals surface area (Å²) < 4.78 is 0. The Bertz CT molecular complexity index is 626. The minimum Gasteiger partial charge on any atom is -0.481 e. The number of aromatic nitrogens is 1. The van der Waals surface area contributed by atoms with Crippen molar-refractivity contribution in [3.63, 3.8) is 0 Å². The highest BCUT2D eigenvalue weighted by Gasteiger charge is 2.08. The maximum atomic E-state index is 11.8. The van der Waals surface area contributed by atoms with Crippen molar-refractivity contribution in [1.82, 2.24) is 10.3 Å². The topological polar surface area (TPSA) is 82.5 Å². The molecular formula is C15H17N3O3S. The van der Waals surface area contributed by atoms with Crippen molar-refractivity contribution in [1.29, 1.82) is 0 Å². The number of hydrogen-bond donors (Lipinski definition) is 2. The van der Waals surface area contributed by atoms with Crippen LogP contribution in [0, 0.1) is 0 Å². The van der Waals surface area contributed by atoms with E-state index in [1.54, 1.807) is 29.7 Å². The highest BCUT2D eigenvalue weighted by atomic mass is 32.1. The van der Waals surface area contributed by atoms with E-state index < -0.39 is 5.97 Å². The van der Waals surface area contributed by atoms with Gasteiger partial charge in [-0.2, -0.15) is 0 Å². The summed E-state index contributed by atoms with van der Waals surface area (Å²) in [4.78, 5) is 28.5. The molecule has 0 aliphatic carbocycles. The number of aliphatic carboxylic acids is 1. The summed E-state index contributed by atoms with van der Waals surface area (Å²) in [6.07, 6.45) is 1.68. The Morgan fingerprint density at radius 1 is 1.32 bits per heavy atom. The molecule has 2 N–H and O–H groups in total. The zero-order chi connectivity index (χ0) is 15.9. The molecule has 0 unspecified atom stereocenters. The number of hydrogen-bond acceptors (Lipinski definition) is 5. The van der Waals surface area contributed by atoms with Gasteiger partial charge in [0.15, 0.2) is 5.13 Å². The van der Waals surface area contributed by atoms with Gasteiger partial charge in [-0.25, -0.2) is 4.98 Å². The zero-order valence-corrected chi connectivity index (χ0v) is 13.0. The molecule has 0 fully saturated rings. The second kappa shape index (κ2) is 7.56. The van der Waals surface area contributed by atoms with Crippen LogP contribution in [0.25, 0.3) is 0 Å². The van der Waals surface area contributed by atoms with Gasteiger partial charge in [0.25, 0.3) is 5.91 Å². The molecule has 0 bridgehead atoms. The summed E-state index contributed by atoms with van der Waals surface area (Å²) in [6.45, 7) is 0.830. The second-order valence-electron chi connectivity index (χ2n) is 4.77. The number of nitrogens with one attached hydrogen (secondary N) is 1. The Labute approximate surface area is 132 Å². The standard InChI is InChI=1S/C15H17N3O3S/c1-18(15-17-8-9-22-15)10-11-2-4-12(5-3-11)14(21)16-7-6-13(19)20/h2-5,8-9H,6-7,10H2,1H3,(H,16,21)(H,19,20). The van der Waals surface area contributed by atoms with Gasteiger partial charge < -0.3 is 15.3 Å². The fraction of sp³-hybridized carbons (Fsp3) is 0.267. The number of carboxylic acid groups (broad SMARTS) is 1. The van der Waals surface area contributed by atoms with E-state index in [0.29, 0.717) is 12.1 Å². The largest absolute Gasteiger partial charge is 0.481 e. The number of benzene rings is 1. The molecule has 0 aliphatic rings. The molecule has 0 spiro atoms. The SMILES string of the molecule is CN(Cc1ccc(C(=O)NCCC(=O)O)cc1)c1nccs1. The molecule has 0 saturated carbocycles. The average Bonchev–Trinajstić information content (AvgIpc) is 3.02. The summed E-state index contributed by atoms with van der Waals surface area (Å²) in [5.41, 5.74) is 1.59. The monoisotopic (exact) mass is 319 g/mol. The third-order valence-electron chi connectivity index (χ3n) is 3.01. The van der Waals surface area contributed by atoms with Crippen molar-refractivity contribution in [3.8, 4) is 0 Å². The van der Waals surface area contributed by atoms with Crippen LogP contribution < -0.4 is 10.2 Å². The molecule has 1 amide bonds. The van der Waals surface area contributed by atoms with Crippen molar-refractivity contribution >= 4 is 28.3 Å². The third-order valence-corrected chi connectivity index (χ3v) is 3.89. The molecule has 116 valence electrons. The maximum absolute atomic E-state index is 11.8. The summed E-state index contributed by atoms with van der Waals surface area (Å²) in [7, 11) is 1.96. The first kappa shape index (κ1) is 16.0. The predicted molar refractivity (Wildman–Crippen MR) is 85.2 cm³/mol. The fourth-order valence-electron chi connectivity index (χ4n) is 1.89. The van der Waals surface area contributed by atoms with E-state index in [2.05, 4.69) is 10.3 Å². The van der Waals surface area contributed by atoms with Gasteiger partial charge in [-0.15, -0.1) is 11.3 Å². The lowest BCUT2D eigenvalue weighted by Gasteiger charge is -2.15. The van der Waals surface area contributed by atoms with Gasteiger partial charge in [0.05, 0.1) is 6.42 Å². The molecule has 2 aromatic rings. The summed E-state index contributed by atoms with van der Waals surface area (Å²) >= 11 is 1.57. The van der Waals surface area contributed by atoms with E-state index in [9.17, 15) is 9.59 Å². The van der Waals surface area contributed by atoms with E-state index in [1.165, 1.54) is 0 Å². The molecular weight excluding hydrogens is 302 g/mol. The number of rotatable bonds is 7. The number of nitrogens with zero attached hydrogens (tertiary/aromatic N) is 2. The Balaban J connectivity index is 1.89. The lowest BCUT2D eigenvalue weighted by atomic mass is 10.1. The van der Waals surface area contributed by atoms with Gasteiger partial charge in [-0.05, 0) is 17.7 Å². The van der Waals surface area contributed by atoms with Crippen LogP contribution in [-0.2, 0) is 11.3 Å². The second-order valence-corrected chi connectivity index (χ2v) is 5.64. The fourth-order valence-corrected chi connectivity index (χ4v) is 2.50. The van der Waals surface area contributed by atoms with Crippen molar-refractivity contribution in [2.24, 2.45) is 0 Å². The van der Waals surface area contributed by atoms with Gasteiger partial charge in [-0.3, -0.25) is 9.59 Å². The first-order valence-electron chi connectivity index (χ1n) is 6.76. The van der Waals surface area contributed by atoms with Crippen LogP contribution in [0.3, 0.4) is 0 Å². The van der Waals surface area contributed by atoms with Gasteiger partial charge in [0.2, 0.25) is 0 Å². The minimum atomic E-state index is -0.930. The summed E-state index contributed by atoms with van der Waals surface area (Å²) in [5, 5.41) is 14.0. The smallest absolute Gasteiger partial charge is 0.305 e. The Kier molecular flexibility index (Phi) is 5.48. The minimum absolute atomic E-state index is 0.0809. The number of thiazole rings is 1. The van der Waals surface area contributed by atoms with Crippen molar-refractivity contribution < 1.29 is 14.7 Å². The van der Waals surface area contributed by atoms with Gasteiger partial charge in [0.1, 0.15) is 0 Å². The maximum Gasteiger partial charge on any atom is 0.305 e. The zero-order valence-electron chi connectivity index (χ0n) is 12.2. The lowest BCUT2D eigenvalue weighted by molar-refractivity contribution is -0.136. The van der Waals surface area contributed by atoms with E-state index in [0.717, 1.165) is 10.7 Å². The van der Waals surface area contributed by atoms with Crippen LogP contribution >= 0.6 is 11.3 Å². The number of amides is 1. The van der Waals surface area contributed by atoms with Crippen LogP contribution in [0.1, 0.15) is 22.3 Å². The van der Waals surface area contributed by atoms with E-state index in [-0.39, 0.29) is 18.9 Å². The summed E-state index contributed by atoms with van der Waals surface area (Å²) in [6, 6.07) is 7.24. The predicted octanol–water partition coefficient (Wildman–Crippen LogP) is 1.98. The molecule has 0 atom stereocenters. The Morgan fingerprint density at radius 3 is 2.64 bits per heavy atom. The van der Waals surface area contributed by atoms with Gasteiger partial charge in [-0.1, -0.05) is 12.1 Å². The van der Waals surface area contributed by atoms with Gasteiger partial charge in [0, 0.05) is 37.3 Å². The first-order chi connectivity index (χ1) is 10.6. The van der Waals surface area contributed by atoms with Crippen LogP contribution in [0.5, 0.6) is 0 Å². The van der Waals surface area contributed by atoms with Crippen molar-refractivity contribution in [2.45, 2.75) is 13.0 Å². The number of anilines is 1. The quantitative estimate of drug-likeness (QED) is 0.815. The van der Waals surface area contributed by atoms with Crippen LogP contribution in [0.4, 0.5) is 5.13 Å². The average molecular weight is 319 g/mol. The molecule has 0 radical (unpaired) electrons. The molecule has 1 aromatic carbocycles. The summed E-state index contributed by atoms with van der Waals surface area (Å²) in [5.74, 6) is -1.19.